The Labute approximate surface area is 283 Å². The Kier molecular flexibility index (Phi) is 9.21. The molecule has 1 radical (unpaired) electrons. The average molecular weight is 856 g/mol. The molecule has 0 atom stereocenters. The van der Waals surface area contributed by atoms with Crippen molar-refractivity contribution in [3.8, 4) is 10.1 Å². The van der Waals surface area contributed by atoms with Crippen LogP contribution in [0.4, 0.5) is 17.6 Å². The Bertz CT molecular complexity index is 2110. The molecule has 4 nitrogen and oxygen atoms in total. The number of allylic oxidation sites excluding steroid dienone is 2. The molecule has 0 aliphatic heterocycles. The van der Waals surface area contributed by atoms with Crippen LogP contribution >= 0.6 is 0 Å². The zero-order valence-electron chi connectivity index (χ0n) is 31.2. The fraction of sp³-hybridized carbons (Fsp3) is 0.324. The first-order valence-electron chi connectivity index (χ1n) is 17.3. The number of benzene rings is 3. The van der Waals surface area contributed by atoms with Gasteiger partial charge in [-0.3, -0.25) is 4.79 Å². The Morgan fingerprint density at radius 2 is 1.61 bits per heavy atom. The Morgan fingerprint density at radius 1 is 1.00 bits per heavy atom. The Hall–Kier alpha value is -2.90. The van der Waals surface area contributed by atoms with Crippen LogP contribution in [0.15, 0.2) is 66.5 Å². The number of aliphatic hydroxyl groups is 1. The largest absolute Gasteiger partial charge is 0 e. The molecule has 2 aromatic heterocycles. The number of hydrogen-bond acceptors (Lipinski definition) is 4. The van der Waals surface area contributed by atoms with Crippen molar-refractivity contribution in [1.82, 2.24) is 9.97 Å². The van der Waals surface area contributed by atoms with Crippen LogP contribution in [0.5, 0.6) is 0 Å². The van der Waals surface area contributed by atoms with Crippen LogP contribution in [0.25, 0.3) is 41.5 Å². The maximum absolute atomic E-state index is 15.8. The van der Waals surface area contributed by atoms with E-state index in [0.717, 1.165) is 37.8 Å². The summed E-state index contributed by atoms with van der Waals surface area (Å²) < 4.78 is 114. The summed E-state index contributed by atoms with van der Waals surface area (Å²) >= 11 is -0.940. The van der Waals surface area contributed by atoms with E-state index in [1.165, 1.54) is 6.08 Å². The van der Waals surface area contributed by atoms with Gasteiger partial charge in [-0.05, 0) is 25.7 Å². The van der Waals surface area contributed by atoms with Gasteiger partial charge in [0.1, 0.15) is 0 Å². The van der Waals surface area contributed by atoms with E-state index >= 15 is 4.39 Å². The molecular weight excluding hydrogens is 816 g/mol. The Morgan fingerprint density at radius 3 is 2.23 bits per heavy atom. The first kappa shape index (κ1) is 26.3. The van der Waals surface area contributed by atoms with Crippen LogP contribution in [0.1, 0.15) is 68.5 Å². The zero-order chi connectivity index (χ0) is 37.4. The molecule has 44 heavy (non-hydrogen) atoms. The molecule has 0 saturated heterocycles. The van der Waals surface area contributed by atoms with Crippen molar-refractivity contribution >= 4 is 51.6 Å². The van der Waals surface area contributed by atoms with Crippen molar-refractivity contribution in [2.75, 3.05) is 0 Å². The third kappa shape index (κ3) is 7.48. The van der Waals surface area contributed by atoms with Gasteiger partial charge in [-0.2, -0.15) is 0 Å². The van der Waals surface area contributed by atoms with Gasteiger partial charge in [0.15, 0.2) is 5.78 Å². The molecule has 0 aliphatic carbocycles. The van der Waals surface area contributed by atoms with E-state index in [4.69, 9.17) is 9.60 Å². The summed E-state index contributed by atoms with van der Waals surface area (Å²) in [7, 11) is 0. The molecule has 3 aromatic carbocycles. The summed E-state index contributed by atoms with van der Waals surface area (Å²) in [6.07, 6.45) is -0.979. The number of aliphatic hydroxyl groups excluding tert-OH is 1. The number of fused-ring (bicyclic) bond motifs is 3. The zero-order valence-corrected chi connectivity index (χ0v) is 28.3. The van der Waals surface area contributed by atoms with Crippen LogP contribution in [-0.4, -0.2) is 35.4 Å². The molecule has 1 N–H and O–H groups in total. The number of rotatable bonds is 8. The van der Waals surface area contributed by atoms with Crippen LogP contribution in [0, 0.1) is 23.7 Å². The normalized spacial score (nSPS) is 14.3. The first-order chi connectivity index (χ1) is 23.4. The summed E-state index contributed by atoms with van der Waals surface area (Å²) in [4.78, 5) is 19.2. The number of ketones is 1. The summed E-state index contributed by atoms with van der Waals surface area (Å²) in [5.41, 5.74) is -2.64. The van der Waals surface area contributed by atoms with Gasteiger partial charge in [0.05, 0.1) is 5.76 Å². The van der Waals surface area contributed by atoms with Crippen molar-refractivity contribution in [3.63, 3.8) is 0 Å². The first-order valence-corrected chi connectivity index (χ1v) is 15.5. The fourth-order valence-corrected chi connectivity index (χ4v) is 6.72. The number of carbonyl (C=O) groups excluding carboxylic acids is 1. The summed E-state index contributed by atoms with van der Waals surface area (Å²) in [6, 6.07) is 1.52. The van der Waals surface area contributed by atoms with Crippen molar-refractivity contribution in [1.29, 1.82) is 0 Å². The minimum Gasteiger partial charge on any atom is 0 e. The van der Waals surface area contributed by atoms with Crippen molar-refractivity contribution in [2.45, 2.75) is 59.6 Å². The fourth-order valence-electron chi connectivity index (χ4n) is 4.82. The number of halogens is 4. The number of alkyl halides is 3. The molecule has 5 rings (SSSR count). The minimum atomic E-state index is -5.05. The molecule has 0 saturated carbocycles. The molecule has 235 valence electrons. The number of nitrogens with zero attached hydrogens (tertiary/aromatic N) is 2. The molecule has 0 unspecified atom stereocenters. The van der Waals surface area contributed by atoms with Gasteiger partial charge >= 0.3 is 171 Å². The van der Waals surface area contributed by atoms with E-state index < -0.39 is 90.3 Å². The predicted molar refractivity (Wildman–Crippen MR) is 165 cm³/mol. The number of carbonyl (C=O) groups is 1. The van der Waals surface area contributed by atoms with Gasteiger partial charge in [-0.1, -0.05) is 27.7 Å². The van der Waals surface area contributed by atoms with Gasteiger partial charge in [0.2, 0.25) is 0 Å². The van der Waals surface area contributed by atoms with Crippen molar-refractivity contribution in [3.05, 3.63) is 84.0 Å². The molecule has 0 spiro atoms. The number of hydrogen-bond donors (Lipinski definition) is 1. The van der Waals surface area contributed by atoms with E-state index in [1.807, 2.05) is 27.7 Å². The van der Waals surface area contributed by atoms with E-state index in [-0.39, 0.29) is 69.3 Å². The summed E-state index contributed by atoms with van der Waals surface area (Å²) in [6.45, 7) is 8.07. The number of aromatic nitrogens is 2. The van der Waals surface area contributed by atoms with Gasteiger partial charge in [0, 0.05) is 38.0 Å². The summed E-state index contributed by atoms with van der Waals surface area (Å²) in [5, 5.41) is 7.86. The van der Waals surface area contributed by atoms with Gasteiger partial charge < -0.3 is 5.11 Å². The van der Waals surface area contributed by atoms with Gasteiger partial charge in [-0.15, -0.1) is 0 Å². The molecule has 10 heteroatoms. The van der Waals surface area contributed by atoms with Gasteiger partial charge in [0.25, 0.3) is 0 Å². The van der Waals surface area contributed by atoms with E-state index in [2.05, 4.69) is 16.0 Å². The molecule has 0 amide bonds. The maximum atomic E-state index is 15.8. The van der Waals surface area contributed by atoms with Gasteiger partial charge in [-0.25, -0.2) is 0 Å². The third-order valence-corrected chi connectivity index (χ3v) is 9.36. The predicted octanol–water partition coefficient (Wildman–Crippen LogP) is 9.49. The quantitative estimate of drug-likeness (QED) is 0.0422. The second-order valence-corrected chi connectivity index (χ2v) is 11.9. The van der Waals surface area contributed by atoms with Crippen LogP contribution in [0.2, 0.25) is 0 Å². The molecule has 2 heterocycles. The second kappa shape index (κ2) is 15.4. The standard InChI is InChI=1S/C21H9F4N2Se.C13H24O2.Ir/c22-18-13-7-3-2-6-12(13)17(21(23,24)25)20-16(18)19(26-10-27-20)15-9-11-5-1-4-8-14(11)28-15;1-5-10(6-2)12(14)9-13(15)11(7-3)8-4;/h1-8,10H;9-11,14H,5-8H2,1-4H3;/q-1;;/b;12-9-;/i1D,2D,3D,4D,5D,8D,10D;;. The van der Waals surface area contributed by atoms with Crippen LogP contribution in [0.3, 0.4) is 0 Å². The summed E-state index contributed by atoms with van der Waals surface area (Å²) in [5.74, 6) is -0.627. The monoisotopic (exact) mass is 857 g/mol. The molecule has 0 bridgehead atoms. The SMILES string of the molecule is CCC(CC)C(=O)/C=C(\O)C(CC)CC.[2H]c1nc(-c2[c-]c3c([2H])c([2H])c([2H])c([2H])c3[se]2)c2c(F)c3cc([2H])c([2H])cc3c(C(F)(F)F)c2n1.[Ir]. The topological polar surface area (TPSA) is 63.1 Å². The van der Waals surface area contributed by atoms with Crippen molar-refractivity contribution in [2.24, 2.45) is 11.8 Å². The van der Waals surface area contributed by atoms with Crippen LogP contribution < -0.4 is 0 Å². The smallest absolute Gasteiger partial charge is 0 e. The average Bonchev–Trinajstić information content (AvgIpc) is 3.50. The molecule has 0 aliphatic rings. The third-order valence-electron chi connectivity index (χ3n) is 7.24. The molecule has 0 fully saturated rings. The van der Waals surface area contributed by atoms with Crippen LogP contribution in [-0.2, 0) is 31.1 Å². The van der Waals surface area contributed by atoms with E-state index in [9.17, 15) is 23.1 Å². The molecule has 5 aromatic rings. The minimum absolute atomic E-state index is 0. The maximum Gasteiger partial charge on any atom is 0 e. The second-order valence-electron chi connectivity index (χ2n) is 9.75. The van der Waals surface area contributed by atoms with E-state index in [0.29, 0.717) is 0 Å². The molecular formula is C34H33F4IrN2O2Se-. The van der Waals surface area contributed by atoms with Crippen molar-refractivity contribution < 1.29 is 57.2 Å². The van der Waals surface area contributed by atoms with E-state index in [1.54, 1.807) is 0 Å². The Balaban J connectivity index is 0.000000374.